The van der Waals surface area contributed by atoms with Gasteiger partial charge in [0.2, 0.25) is 5.91 Å². The van der Waals surface area contributed by atoms with Gasteiger partial charge in [0.1, 0.15) is 5.69 Å². The summed E-state index contributed by atoms with van der Waals surface area (Å²) in [5, 5.41) is 8.47. The molecule has 2 amide bonds. The Morgan fingerprint density at radius 2 is 1.62 bits per heavy atom. The molecule has 7 heteroatoms. The van der Waals surface area contributed by atoms with Crippen molar-refractivity contribution < 1.29 is 9.59 Å². The monoisotopic (exact) mass is 493 g/mol. The number of piperidine rings is 1. The number of hydrogen-bond donors (Lipinski definition) is 1. The zero-order valence-electron chi connectivity index (χ0n) is 21.2. The highest BCUT2D eigenvalue weighted by atomic mass is 16.2. The van der Waals surface area contributed by atoms with Gasteiger partial charge in [0.05, 0.1) is 6.20 Å². The van der Waals surface area contributed by atoms with E-state index >= 15 is 0 Å². The minimum atomic E-state index is -0.429. The Hall–Kier alpha value is -4.26. The molecule has 5 rings (SSSR count). The SMILES string of the molecule is Cc1cc(C(N)=O)cc(C)c1-c1ccc(-c2cn(C(=O)N3CCCCC3Cc3ccccc3)nn2)cc1. The van der Waals surface area contributed by atoms with Crippen LogP contribution in [0.2, 0.25) is 0 Å². The van der Waals surface area contributed by atoms with Gasteiger partial charge in [0.15, 0.2) is 0 Å². The maximum Gasteiger partial charge on any atom is 0.346 e. The number of amides is 2. The third-order valence-electron chi connectivity index (χ3n) is 7.16. The van der Waals surface area contributed by atoms with Crippen molar-refractivity contribution in [2.45, 2.75) is 45.6 Å². The van der Waals surface area contributed by atoms with Crippen molar-refractivity contribution >= 4 is 11.9 Å². The van der Waals surface area contributed by atoms with Crippen LogP contribution in [-0.2, 0) is 6.42 Å². The first-order chi connectivity index (χ1) is 17.9. The second kappa shape index (κ2) is 10.4. The van der Waals surface area contributed by atoms with Crippen LogP contribution < -0.4 is 5.73 Å². The first kappa shape index (κ1) is 24.4. The highest BCUT2D eigenvalue weighted by molar-refractivity contribution is 5.94. The molecule has 1 aliphatic heterocycles. The van der Waals surface area contributed by atoms with Crippen LogP contribution in [-0.4, -0.2) is 44.4 Å². The molecule has 0 radical (unpaired) electrons. The van der Waals surface area contributed by atoms with Crippen LogP contribution in [0.25, 0.3) is 22.4 Å². The fourth-order valence-corrected chi connectivity index (χ4v) is 5.34. The number of benzene rings is 3. The standard InChI is InChI=1S/C30H31N5O2/c1-20-16-25(29(31)36)17-21(2)28(20)24-13-11-23(12-14-24)27-19-35(33-32-27)30(37)34-15-7-6-10-26(34)18-22-8-4-3-5-9-22/h3-5,8-9,11-14,16-17,19,26H,6-7,10,15,18H2,1-2H3,(H2,31,36). The second-order valence-electron chi connectivity index (χ2n) is 9.79. The molecule has 2 heterocycles. The van der Waals surface area contributed by atoms with Crippen LogP contribution in [0.4, 0.5) is 4.79 Å². The quantitative estimate of drug-likeness (QED) is 0.403. The van der Waals surface area contributed by atoms with E-state index < -0.39 is 5.91 Å². The first-order valence-electron chi connectivity index (χ1n) is 12.7. The van der Waals surface area contributed by atoms with Crippen molar-refractivity contribution in [3.8, 4) is 22.4 Å². The zero-order chi connectivity index (χ0) is 25.9. The molecular weight excluding hydrogens is 462 g/mol. The first-order valence-corrected chi connectivity index (χ1v) is 12.7. The van der Waals surface area contributed by atoms with Crippen molar-refractivity contribution in [3.63, 3.8) is 0 Å². The third kappa shape index (κ3) is 5.16. The Labute approximate surface area is 216 Å². The van der Waals surface area contributed by atoms with E-state index in [-0.39, 0.29) is 12.1 Å². The molecule has 7 nitrogen and oxygen atoms in total. The lowest BCUT2D eigenvalue weighted by Gasteiger charge is -2.35. The number of aryl methyl sites for hydroxylation is 2. The summed E-state index contributed by atoms with van der Waals surface area (Å²) in [6.45, 7) is 4.69. The van der Waals surface area contributed by atoms with Crippen molar-refractivity contribution in [1.82, 2.24) is 19.9 Å². The van der Waals surface area contributed by atoms with E-state index in [0.29, 0.717) is 11.3 Å². The average molecular weight is 494 g/mol. The number of aromatic nitrogens is 3. The highest BCUT2D eigenvalue weighted by Gasteiger charge is 2.28. The number of carbonyl (C=O) groups is 2. The molecule has 0 bridgehead atoms. The molecule has 1 saturated heterocycles. The minimum absolute atomic E-state index is 0.128. The predicted octanol–water partition coefficient (Wildman–Crippen LogP) is 5.39. The predicted molar refractivity (Wildman–Crippen MR) is 144 cm³/mol. The molecule has 1 unspecified atom stereocenters. The highest BCUT2D eigenvalue weighted by Crippen LogP contribution is 2.30. The smallest absolute Gasteiger partial charge is 0.346 e. The topological polar surface area (TPSA) is 94.1 Å². The lowest BCUT2D eigenvalue weighted by atomic mass is 9.92. The fourth-order valence-electron chi connectivity index (χ4n) is 5.34. The van der Waals surface area contributed by atoms with Gasteiger partial charge in [0, 0.05) is 23.7 Å². The Morgan fingerprint density at radius 3 is 2.30 bits per heavy atom. The van der Waals surface area contributed by atoms with E-state index in [1.807, 2.05) is 73.3 Å². The molecule has 1 aliphatic rings. The number of nitrogens with zero attached hydrogens (tertiary/aromatic N) is 4. The van der Waals surface area contributed by atoms with E-state index in [4.69, 9.17) is 5.73 Å². The van der Waals surface area contributed by atoms with Crippen LogP contribution >= 0.6 is 0 Å². The molecule has 188 valence electrons. The number of carbonyl (C=O) groups excluding carboxylic acids is 2. The van der Waals surface area contributed by atoms with Gasteiger partial charge in [-0.05, 0) is 79.5 Å². The molecular formula is C30H31N5O2. The number of rotatable bonds is 5. The Morgan fingerprint density at radius 1 is 0.946 bits per heavy atom. The normalized spacial score (nSPS) is 15.5. The molecule has 1 fully saturated rings. The third-order valence-corrected chi connectivity index (χ3v) is 7.16. The van der Waals surface area contributed by atoms with Gasteiger partial charge in [-0.1, -0.05) is 59.8 Å². The average Bonchev–Trinajstić information content (AvgIpc) is 3.40. The molecule has 0 spiro atoms. The molecule has 2 N–H and O–H groups in total. The van der Waals surface area contributed by atoms with Gasteiger partial charge in [-0.15, -0.1) is 5.10 Å². The van der Waals surface area contributed by atoms with Gasteiger partial charge in [0.25, 0.3) is 0 Å². The molecule has 1 aromatic heterocycles. The van der Waals surface area contributed by atoms with E-state index in [0.717, 1.165) is 60.0 Å². The van der Waals surface area contributed by atoms with Gasteiger partial charge in [-0.25, -0.2) is 4.79 Å². The van der Waals surface area contributed by atoms with Crippen LogP contribution in [0.15, 0.2) is 72.9 Å². The van der Waals surface area contributed by atoms with Crippen molar-refractivity contribution in [2.75, 3.05) is 6.54 Å². The van der Waals surface area contributed by atoms with Crippen LogP contribution in [0.5, 0.6) is 0 Å². The minimum Gasteiger partial charge on any atom is -0.366 e. The maximum atomic E-state index is 13.4. The largest absolute Gasteiger partial charge is 0.366 e. The Bertz CT molecular complexity index is 1400. The molecule has 0 saturated carbocycles. The number of likely N-dealkylation sites (tertiary alicyclic amines) is 1. The Kier molecular flexibility index (Phi) is 6.86. The van der Waals surface area contributed by atoms with E-state index in [9.17, 15) is 9.59 Å². The summed E-state index contributed by atoms with van der Waals surface area (Å²) in [5.74, 6) is -0.429. The van der Waals surface area contributed by atoms with Gasteiger partial charge >= 0.3 is 6.03 Å². The van der Waals surface area contributed by atoms with Crippen LogP contribution in [0.3, 0.4) is 0 Å². The lowest BCUT2D eigenvalue weighted by Crippen LogP contribution is -2.46. The van der Waals surface area contributed by atoms with Crippen LogP contribution in [0.1, 0.15) is 46.3 Å². The van der Waals surface area contributed by atoms with Crippen LogP contribution in [0, 0.1) is 13.8 Å². The summed E-state index contributed by atoms with van der Waals surface area (Å²) in [6, 6.07) is 22.0. The summed E-state index contributed by atoms with van der Waals surface area (Å²) >= 11 is 0. The maximum absolute atomic E-state index is 13.4. The molecule has 3 aromatic carbocycles. The summed E-state index contributed by atoms with van der Waals surface area (Å²) < 4.78 is 1.36. The van der Waals surface area contributed by atoms with Crippen molar-refractivity contribution in [2.24, 2.45) is 5.73 Å². The van der Waals surface area contributed by atoms with Crippen molar-refractivity contribution in [1.29, 1.82) is 0 Å². The number of primary amides is 1. The van der Waals surface area contributed by atoms with Gasteiger partial charge in [-0.3, -0.25) is 4.79 Å². The molecule has 4 aromatic rings. The second-order valence-corrected chi connectivity index (χ2v) is 9.79. The van der Waals surface area contributed by atoms with Gasteiger partial charge in [-0.2, -0.15) is 4.68 Å². The van der Waals surface area contributed by atoms with Crippen molar-refractivity contribution in [3.05, 3.63) is 95.2 Å². The fraction of sp³-hybridized carbons (Fsp3) is 0.267. The summed E-state index contributed by atoms with van der Waals surface area (Å²) in [4.78, 5) is 26.9. The molecule has 1 atom stereocenters. The zero-order valence-corrected chi connectivity index (χ0v) is 21.2. The summed E-state index contributed by atoms with van der Waals surface area (Å²) in [7, 11) is 0. The van der Waals surface area contributed by atoms with Gasteiger partial charge < -0.3 is 10.6 Å². The Balaban J connectivity index is 1.34. The lowest BCUT2D eigenvalue weighted by molar-refractivity contribution is 0.1000. The van der Waals surface area contributed by atoms with E-state index in [2.05, 4.69) is 22.4 Å². The summed E-state index contributed by atoms with van der Waals surface area (Å²) in [5.41, 5.74) is 12.8. The number of nitrogens with two attached hydrogens (primary N) is 1. The molecule has 0 aliphatic carbocycles. The molecule has 37 heavy (non-hydrogen) atoms. The van der Waals surface area contributed by atoms with E-state index in [1.54, 1.807) is 6.20 Å². The number of hydrogen-bond acceptors (Lipinski definition) is 4. The van der Waals surface area contributed by atoms with E-state index in [1.165, 1.54) is 10.2 Å². The summed E-state index contributed by atoms with van der Waals surface area (Å²) in [6.07, 6.45) is 5.67.